The maximum Gasteiger partial charge on any atom is 0.154 e. The van der Waals surface area contributed by atoms with Gasteiger partial charge in [0.15, 0.2) is 6.29 Å². The number of hydrogen-bond acceptors (Lipinski definition) is 3. The molecule has 1 aliphatic rings. The molecule has 80 valence electrons. The zero-order valence-corrected chi connectivity index (χ0v) is 9.79. The van der Waals surface area contributed by atoms with Crippen LogP contribution in [0.5, 0.6) is 0 Å². The first-order valence-electron chi connectivity index (χ1n) is 4.39. The number of hydrogen-bond donors (Lipinski definition) is 1. The van der Waals surface area contributed by atoms with Gasteiger partial charge in [-0.05, 0) is 22.2 Å². The van der Waals surface area contributed by atoms with Crippen molar-refractivity contribution in [2.75, 3.05) is 5.75 Å². The molecule has 4 heteroatoms. The maximum absolute atomic E-state index is 10.3. The van der Waals surface area contributed by atoms with E-state index in [9.17, 15) is 9.59 Å². The van der Waals surface area contributed by atoms with Crippen LogP contribution in [0.15, 0.2) is 45.4 Å². The Bertz CT molecular complexity index is 335. The van der Waals surface area contributed by atoms with Crippen molar-refractivity contribution < 1.29 is 9.59 Å². The number of allylic oxidation sites excluding steroid dienone is 3. The van der Waals surface area contributed by atoms with Crippen LogP contribution in [0.25, 0.3) is 0 Å². The van der Waals surface area contributed by atoms with Crippen LogP contribution >= 0.6 is 22.2 Å². The molecule has 0 N–H and O–H groups in total. The molecule has 1 aromatic rings. The number of thiophene rings is 1. The molecule has 0 aliphatic carbocycles. The van der Waals surface area contributed by atoms with E-state index in [2.05, 4.69) is 0 Å². The van der Waals surface area contributed by atoms with Gasteiger partial charge in [0.05, 0.1) is 0 Å². The van der Waals surface area contributed by atoms with Gasteiger partial charge in [0, 0.05) is 10.7 Å². The Morgan fingerprint density at radius 1 is 1.27 bits per heavy atom. The van der Waals surface area contributed by atoms with Gasteiger partial charge in [-0.1, -0.05) is 18.2 Å². The molecule has 1 atom stereocenters. The van der Waals surface area contributed by atoms with Crippen LogP contribution < -0.4 is 0 Å². The van der Waals surface area contributed by atoms with Crippen LogP contribution in [0.3, 0.4) is 0 Å². The summed E-state index contributed by atoms with van der Waals surface area (Å²) in [5.41, 5.74) is 0. The van der Waals surface area contributed by atoms with Crippen molar-refractivity contribution in [2.24, 2.45) is 0 Å². The van der Waals surface area contributed by atoms with E-state index in [1.807, 2.05) is 34.4 Å². The molecule has 1 aromatic heterocycles. The van der Waals surface area contributed by atoms with Crippen molar-refractivity contribution >= 4 is 34.8 Å². The van der Waals surface area contributed by atoms with Crippen molar-refractivity contribution in [1.82, 2.24) is 0 Å². The van der Waals surface area contributed by atoms with Crippen LogP contribution in [-0.2, 0) is 9.59 Å². The summed E-state index contributed by atoms with van der Waals surface area (Å²) in [6.07, 6.45) is 5.29. The summed E-state index contributed by atoms with van der Waals surface area (Å²) in [7, 11) is -0.564. The third-order valence-electron chi connectivity index (χ3n) is 1.68. The van der Waals surface area contributed by atoms with Gasteiger partial charge in [0.25, 0.3) is 0 Å². The van der Waals surface area contributed by atoms with Crippen molar-refractivity contribution in [3.05, 3.63) is 45.4 Å². The first-order chi connectivity index (χ1) is 7.38. The second-order valence-electron chi connectivity index (χ2n) is 2.66. The van der Waals surface area contributed by atoms with E-state index in [0.29, 0.717) is 5.75 Å². The van der Waals surface area contributed by atoms with Crippen molar-refractivity contribution in [1.29, 1.82) is 0 Å². The summed E-state index contributed by atoms with van der Waals surface area (Å²) in [4.78, 5) is 21.1. The number of thiol groups is 1. The zero-order chi connectivity index (χ0) is 10.9. The number of carbonyl (C=O) groups excluding carboxylic acids is 2. The smallest absolute Gasteiger partial charge is 0.154 e. The van der Waals surface area contributed by atoms with Crippen LogP contribution in [0.1, 0.15) is 0 Å². The summed E-state index contributed by atoms with van der Waals surface area (Å²) in [5, 5.41) is 6.01. The first kappa shape index (κ1) is 11.9. The minimum absolute atomic E-state index is 0.483. The maximum atomic E-state index is 10.3. The molecular formula is C11H12O2S2. The molecule has 0 radical (unpaired) electrons. The van der Waals surface area contributed by atoms with Crippen molar-refractivity contribution in [3.8, 4) is 0 Å². The quantitative estimate of drug-likeness (QED) is 0.651. The van der Waals surface area contributed by atoms with Gasteiger partial charge in [-0.2, -0.15) is 22.2 Å². The molecule has 1 aliphatic heterocycles. The lowest BCUT2D eigenvalue weighted by Crippen LogP contribution is -1.89. The molecule has 1 unspecified atom stereocenters. The minimum atomic E-state index is -0.564. The van der Waals surface area contributed by atoms with Crippen LogP contribution in [0.4, 0.5) is 0 Å². The standard InChI is InChI=1S/C7H8O2S.C4H4S/c8-3-5-10-4-1-2-7(10)6-9;1-2-4-5-3-1/h1-4,6,10H,5H2;1-4H. The Hall–Kier alpha value is -1.13. The molecule has 0 bridgehead atoms. The van der Waals surface area contributed by atoms with Crippen LogP contribution in [0, 0.1) is 0 Å². The average molecular weight is 240 g/mol. The van der Waals surface area contributed by atoms with E-state index >= 15 is 0 Å². The van der Waals surface area contributed by atoms with E-state index < -0.39 is 10.9 Å². The van der Waals surface area contributed by atoms with Crippen LogP contribution in [0.2, 0.25) is 0 Å². The van der Waals surface area contributed by atoms with Gasteiger partial charge in [-0.15, -0.1) is 0 Å². The third kappa shape index (κ3) is 4.27. The Labute approximate surface area is 95.7 Å². The SMILES string of the molecule is O=CC[SH]1C=CC=C1C=O.c1ccsc1. The average Bonchev–Trinajstić information content (AvgIpc) is 2.92. The monoisotopic (exact) mass is 240 g/mol. The predicted molar refractivity (Wildman–Crippen MR) is 67.5 cm³/mol. The molecule has 0 saturated carbocycles. The fourth-order valence-electron chi connectivity index (χ4n) is 1.01. The Morgan fingerprint density at radius 2 is 2.00 bits per heavy atom. The number of rotatable bonds is 3. The molecular weight excluding hydrogens is 228 g/mol. The third-order valence-corrected chi connectivity index (χ3v) is 4.30. The molecule has 0 spiro atoms. The predicted octanol–water partition coefficient (Wildman–Crippen LogP) is 2.54. The van der Waals surface area contributed by atoms with Gasteiger partial charge in [-0.3, -0.25) is 4.79 Å². The van der Waals surface area contributed by atoms with E-state index in [-0.39, 0.29) is 0 Å². The molecule has 0 amide bonds. The van der Waals surface area contributed by atoms with Gasteiger partial charge in [0.2, 0.25) is 0 Å². The number of carbonyl (C=O) groups is 2. The van der Waals surface area contributed by atoms with Crippen molar-refractivity contribution in [3.63, 3.8) is 0 Å². The lowest BCUT2D eigenvalue weighted by molar-refractivity contribution is -0.105. The van der Waals surface area contributed by atoms with E-state index in [0.717, 1.165) is 17.5 Å². The van der Waals surface area contributed by atoms with Crippen molar-refractivity contribution in [2.45, 2.75) is 0 Å². The normalized spacial score (nSPS) is 20.0. The molecule has 0 saturated heterocycles. The van der Waals surface area contributed by atoms with E-state index in [4.69, 9.17) is 0 Å². The summed E-state index contributed by atoms with van der Waals surface area (Å²) >= 11 is 1.71. The summed E-state index contributed by atoms with van der Waals surface area (Å²) < 4.78 is 0. The molecule has 15 heavy (non-hydrogen) atoms. The van der Waals surface area contributed by atoms with Gasteiger partial charge in [-0.25, -0.2) is 0 Å². The summed E-state index contributed by atoms with van der Waals surface area (Å²) in [6, 6.07) is 4.04. The number of aldehydes is 2. The second-order valence-corrected chi connectivity index (χ2v) is 5.60. The van der Waals surface area contributed by atoms with Crippen LogP contribution in [-0.4, -0.2) is 18.3 Å². The van der Waals surface area contributed by atoms with E-state index in [1.165, 1.54) is 0 Å². The highest BCUT2D eigenvalue weighted by atomic mass is 32.2. The molecule has 2 heterocycles. The lowest BCUT2D eigenvalue weighted by atomic mass is 10.5. The molecule has 0 fully saturated rings. The minimum Gasteiger partial charge on any atom is -0.303 e. The summed E-state index contributed by atoms with van der Waals surface area (Å²) in [5.74, 6) is 0.483. The van der Waals surface area contributed by atoms with Gasteiger partial charge >= 0.3 is 0 Å². The largest absolute Gasteiger partial charge is 0.303 e. The molecule has 0 aromatic carbocycles. The fraction of sp³-hybridized carbons (Fsp3) is 0.0909. The Morgan fingerprint density at radius 3 is 2.47 bits per heavy atom. The lowest BCUT2D eigenvalue weighted by Gasteiger charge is -2.07. The highest BCUT2D eigenvalue weighted by molar-refractivity contribution is 8.24. The fourth-order valence-corrected chi connectivity index (χ4v) is 2.83. The second kappa shape index (κ2) is 7.20. The Kier molecular flexibility index (Phi) is 5.73. The topological polar surface area (TPSA) is 34.1 Å². The highest BCUT2D eigenvalue weighted by Crippen LogP contribution is 2.38. The molecule has 2 nitrogen and oxygen atoms in total. The molecule has 2 rings (SSSR count). The zero-order valence-electron chi connectivity index (χ0n) is 8.08. The highest BCUT2D eigenvalue weighted by Gasteiger charge is 2.07. The van der Waals surface area contributed by atoms with E-state index in [1.54, 1.807) is 17.4 Å². The van der Waals surface area contributed by atoms with Gasteiger partial charge < -0.3 is 4.79 Å². The Balaban J connectivity index is 0.000000187. The summed E-state index contributed by atoms with van der Waals surface area (Å²) in [6.45, 7) is 0. The first-order valence-corrected chi connectivity index (χ1v) is 6.93. The van der Waals surface area contributed by atoms with Gasteiger partial charge in [0.1, 0.15) is 6.29 Å².